The first-order chi connectivity index (χ1) is 9.20. The molecule has 0 aromatic heterocycles. The zero-order chi connectivity index (χ0) is 15.3. The molecule has 0 spiro atoms. The molecule has 1 unspecified atom stereocenters. The third-order valence-corrected chi connectivity index (χ3v) is 2.48. The van der Waals surface area contributed by atoms with Crippen LogP contribution in [-0.4, -0.2) is 23.5 Å². The van der Waals surface area contributed by atoms with Crippen molar-refractivity contribution in [1.29, 1.82) is 0 Å². The number of carbonyl (C=O) groups is 2. The molecule has 1 aromatic rings. The quantitative estimate of drug-likeness (QED) is 0.818. The Labute approximate surface area is 119 Å². The van der Waals surface area contributed by atoms with Gasteiger partial charge in [-0.05, 0) is 33.3 Å². The summed E-state index contributed by atoms with van der Waals surface area (Å²) in [6, 6.07) is 7.41. The topological polar surface area (TPSA) is 81.4 Å². The number of benzene rings is 1. The van der Waals surface area contributed by atoms with E-state index in [1.54, 1.807) is 52.0 Å². The monoisotopic (exact) mass is 278 g/mol. The smallest absolute Gasteiger partial charge is 0.333 e. The molecule has 0 saturated carbocycles. The van der Waals surface area contributed by atoms with Gasteiger partial charge in [0.2, 0.25) is 5.91 Å². The van der Waals surface area contributed by atoms with Gasteiger partial charge in [-0.3, -0.25) is 4.79 Å². The first kappa shape index (κ1) is 16.2. The molecule has 0 heterocycles. The van der Waals surface area contributed by atoms with Gasteiger partial charge in [-0.1, -0.05) is 30.3 Å². The highest BCUT2D eigenvalue weighted by Crippen LogP contribution is 2.18. The lowest BCUT2D eigenvalue weighted by Crippen LogP contribution is -2.44. The number of amides is 1. The molecule has 3 N–H and O–H groups in total. The van der Waals surface area contributed by atoms with Gasteiger partial charge in [0.15, 0.2) is 6.04 Å². The number of ether oxygens (including phenoxy) is 1. The second kappa shape index (κ2) is 6.52. The minimum absolute atomic E-state index is 0.398. The largest absolute Gasteiger partial charge is 0.458 e. The number of nitrogens with two attached hydrogens (primary N) is 1. The van der Waals surface area contributed by atoms with Crippen LogP contribution in [0.4, 0.5) is 0 Å². The van der Waals surface area contributed by atoms with E-state index in [4.69, 9.17) is 10.5 Å². The first-order valence-corrected chi connectivity index (χ1v) is 6.54. The predicted octanol–water partition coefficient (Wildman–Crippen LogP) is 1.53. The third kappa shape index (κ3) is 5.01. The highest BCUT2D eigenvalue weighted by Gasteiger charge is 2.28. The lowest BCUT2D eigenvalue weighted by atomic mass is 10.1. The molecule has 5 nitrogen and oxygen atoms in total. The second-order valence-electron chi connectivity index (χ2n) is 5.67. The Kier molecular flexibility index (Phi) is 5.27. The van der Waals surface area contributed by atoms with Crippen LogP contribution in [0.25, 0.3) is 0 Å². The van der Waals surface area contributed by atoms with Gasteiger partial charge in [0.1, 0.15) is 5.60 Å². The lowest BCUT2D eigenvalue weighted by Gasteiger charge is -2.25. The SMILES string of the molecule is C[C@H](N)C(=O)NC(C(=O)OC(C)(C)C)c1ccccc1. The molecule has 110 valence electrons. The van der Waals surface area contributed by atoms with Gasteiger partial charge < -0.3 is 15.8 Å². The average molecular weight is 278 g/mol. The van der Waals surface area contributed by atoms with E-state index < -0.39 is 29.6 Å². The van der Waals surface area contributed by atoms with E-state index in [9.17, 15) is 9.59 Å². The van der Waals surface area contributed by atoms with Crippen LogP contribution in [0, 0.1) is 0 Å². The molecule has 20 heavy (non-hydrogen) atoms. The van der Waals surface area contributed by atoms with Gasteiger partial charge in [0.25, 0.3) is 0 Å². The Balaban J connectivity index is 2.96. The Morgan fingerprint density at radius 3 is 2.20 bits per heavy atom. The zero-order valence-electron chi connectivity index (χ0n) is 12.3. The molecular weight excluding hydrogens is 256 g/mol. The highest BCUT2D eigenvalue weighted by atomic mass is 16.6. The van der Waals surface area contributed by atoms with Crippen LogP contribution in [0.5, 0.6) is 0 Å². The van der Waals surface area contributed by atoms with Crippen molar-refractivity contribution in [3.05, 3.63) is 35.9 Å². The van der Waals surface area contributed by atoms with Crippen LogP contribution >= 0.6 is 0 Å². The molecule has 1 rings (SSSR count). The van der Waals surface area contributed by atoms with E-state index in [1.165, 1.54) is 0 Å². The van der Waals surface area contributed by atoms with Gasteiger partial charge in [-0.25, -0.2) is 4.79 Å². The fourth-order valence-corrected chi connectivity index (χ4v) is 1.56. The van der Waals surface area contributed by atoms with Crippen molar-refractivity contribution in [3.63, 3.8) is 0 Å². The van der Waals surface area contributed by atoms with Crippen molar-refractivity contribution in [1.82, 2.24) is 5.32 Å². The van der Waals surface area contributed by atoms with E-state index in [-0.39, 0.29) is 0 Å². The molecule has 0 radical (unpaired) electrons. The summed E-state index contributed by atoms with van der Waals surface area (Å²) in [6.45, 7) is 6.90. The van der Waals surface area contributed by atoms with E-state index >= 15 is 0 Å². The first-order valence-electron chi connectivity index (χ1n) is 6.54. The summed E-state index contributed by atoms with van der Waals surface area (Å²) in [6.07, 6.45) is 0. The standard InChI is InChI=1S/C15H22N2O3/c1-10(16)13(18)17-12(11-8-6-5-7-9-11)14(19)20-15(2,3)4/h5-10,12H,16H2,1-4H3,(H,17,18)/t10-,12?/m0/s1. The number of nitrogens with one attached hydrogen (secondary N) is 1. The molecule has 5 heteroatoms. The van der Waals surface area contributed by atoms with Crippen molar-refractivity contribution < 1.29 is 14.3 Å². The van der Waals surface area contributed by atoms with Gasteiger partial charge >= 0.3 is 5.97 Å². The zero-order valence-corrected chi connectivity index (χ0v) is 12.3. The van der Waals surface area contributed by atoms with Crippen LogP contribution in [0.15, 0.2) is 30.3 Å². The molecule has 0 bridgehead atoms. The number of rotatable bonds is 4. The Bertz CT molecular complexity index is 464. The van der Waals surface area contributed by atoms with E-state index in [0.717, 1.165) is 0 Å². The molecule has 0 fully saturated rings. The van der Waals surface area contributed by atoms with E-state index in [1.807, 2.05) is 6.07 Å². The van der Waals surface area contributed by atoms with Crippen molar-refractivity contribution >= 4 is 11.9 Å². The Hall–Kier alpha value is -1.88. The van der Waals surface area contributed by atoms with Crippen LogP contribution < -0.4 is 11.1 Å². The fraction of sp³-hybridized carbons (Fsp3) is 0.467. The summed E-state index contributed by atoms with van der Waals surface area (Å²) in [5.41, 5.74) is 5.57. The summed E-state index contributed by atoms with van der Waals surface area (Å²) in [5, 5.41) is 2.62. The average Bonchev–Trinajstić information content (AvgIpc) is 2.34. The maximum Gasteiger partial charge on any atom is 0.333 e. The van der Waals surface area contributed by atoms with Crippen molar-refractivity contribution in [2.45, 2.75) is 45.4 Å². The minimum Gasteiger partial charge on any atom is -0.458 e. The number of hydrogen-bond acceptors (Lipinski definition) is 4. The van der Waals surface area contributed by atoms with Gasteiger partial charge in [0, 0.05) is 0 Å². The van der Waals surface area contributed by atoms with Crippen LogP contribution in [-0.2, 0) is 14.3 Å². The van der Waals surface area contributed by atoms with Gasteiger partial charge in [-0.15, -0.1) is 0 Å². The predicted molar refractivity (Wildman–Crippen MR) is 76.8 cm³/mol. The maximum absolute atomic E-state index is 12.2. The molecule has 0 aliphatic carbocycles. The molecular formula is C15H22N2O3. The number of hydrogen-bond donors (Lipinski definition) is 2. The minimum atomic E-state index is -0.853. The second-order valence-corrected chi connectivity index (χ2v) is 5.67. The lowest BCUT2D eigenvalue weighted by molar-refractivity contribution is -0.159. The van der Waals surface area contributed by atoms with Gasteiger partial charge in [0.05, 0.1) is 6.04 Å². The van der Waals surface area contributed by atoms with Crippen molar-refractivity contribution in [3.8, 4) is 0 Å². The Morgan fingerprint density at radius 2 is 1.75 bits per heavy atom. The molecule has 0 saturated heterocycles. The third-order valence-electron chi connectivity index (χ3n) is 2.48. The van der Waals surface area contributed by atoms with E-state index in [2.05, 4.69) is 5.32 Å². The van der Waals surface area contributed by atoms with Crippen LogP contribution in [0.3, 0.4) is 0 Å². The molecule has 2 atom stereocenters. The summed E-state index contributed by atoms with van der Waals surface area (Å²) >= 11 is 0. The van der Waals surface area contributed by atoms with Crippen molar-refractivity contribution in [2.24, 2.45) is 5.73 Å². The molecule has 1 aromatic carbocycles. The number of esters is 1. The fourth-order valence-electron chi connectivity index (χ4n) is 1.56. The van der Waals surface area contributed by atoms with Crippen molar-refractivity contribution in [2.75, 3.05) is 0 Å². The maximum atomic E-state index is 12.2. The van der Waals surface area contributed by atoms with E-state index in [0.29, 0.717) is 5.56 Å². The van der Waals surface area contributed by atoms with Gasteiger partial charge in [-0.2, -0.15) is 0 Å². The molecule has 0 aliphatic rings. The summed E-state index contributed by atoms with van der Waals surface area (Å²) in [7, 11) is 0. The normalized spacial score (nSPS) is 14.2. The summed E-state index contributed by atoms with van der Waals surface area (Å²) in [4.78, 5) is 24.0. The highest BCUT2D eigenvalue weighted by molar-refractivity contribution is 5.88. The Morgan fingerprint density at radius 1 is 1.20 bits per heavy atom. The summed E-state index contributed by atoms with van der Waals surface area (Å²) in [5.74, 6) is -0.901. The summed E-state index contributed by atoms with van der Waals surface area (Å²) < 4.78 is 5.34. The van der Waals surface area contributed by atoms with Crippen LogP contribution in [0.1, 0.15) is 39.3 Å². The number of carbonyl (C=O) groups excluding carboxylic acids is 2. The van der Waals surface area contributed by atoms with Crippen LogP contribution in [0.2, 0.25) is 0 Å². The molecule has 1 amide bonds. The molecule has 0 aliphatic heterocycles.